The molecule has 21 heavy (non-hydrogen) atoms. The van der Waals surface area contributed by atoms with Crippen molar-refractivity contribution in [2.45, 2.75) is 12.5 Å². The molecule has 2 aromatic rings. The smallest absolute Gasteiger partial charge is 0.326 e. The summed E-state index contributed by atoms with van der Waals surface area (Å²) in [5.74, 6) is -0.623. The highest BCUT2D eigenvalue weighted by Gasteiger charge is 2.18. The minimum Gasteiger partial charge on any atom is -0.480 e. The number of nitrogens with zero attached hydrogens (tertiary/aromatic N) is 2. The summed E-state index contributed by atoms with van der Waals surface area (Å²) < 4.78 is 2.65. The van der Waals surface area contributed by atoms with E-state index in [1.165, 1.54) is 11.3 Å². The van der Waals surface area contributed by atoms with Crippen molar-refractivity contribution in [2.75, 3.05) is 11.1 Å². The summed E-state index contributed by atoms with van der Waals surface area (Å²) in [6.45, 7) is 0. The Bertz CT molecular complexity index is 604. The Balaban J connectivity index is 2.03. The van der Waals surface area contributed by atoms with Gasteiger partial charge in [0.1, 0.15) is 6.04 Å². The van der Waals surface area contributed by atoms with Gasteiger partial charge in [-0.25, -0.2) is 9.78 Å². The van der Waals surface area contributed by atoms with Gasteiger partial charge in [0.25, 0.3) is 0 Å². The Hall–Kier alpha value is -1.93. The minimum absolute atomic E-state index is 0.298. The first kappa shape index (κ1) is 15.5. The van der Waals surface area contributed by atoms with Gasteiger partial charge >= 0.3 is 5.97 Å². The van der Waals surface area contributed by atoms with E-state index in [4.69, 9.17) is 5.11 Å². The zero-order chi connectivity index (χ0) is 15.1. The molecule has 1 atom stereocenters. The lowest BCUT2D eigenvalue weighted by molar-refractivity contribution is -0.137. The molecule has 2 rings (SSSR count). The number of thiazole rings is 1. The highest BCUT2D eigenvalue weighted by Crippen LogP contribution is 2.25. The number of hydrogen-bond acceptors (Lipinski definition) is 7. The number of carboxylic acids is 1. The second-order valence-electron chi connectivity index (χ2n) is 4.14. The summed E-state index contributed by atoms with van der Waals surface area (Å²) in [4.78, 5) is 25.6. The largest absolute Gasteiger partial charge is 0.480 e. The van der Waals surface area contributed by atoms with Crippen LogP contribution in [0.3, 0.4) is 0 Å². The fourth-order valence-electron chi connectivity index (χ4n) is 1.70. The summed E-state index contributed by atoms with van der Waals surface area (Å²) in [5.41, 5.74) is 1.78. The number of aliphatic carboxylic acids is 1. The summed E-state index contributed by atoms with van der Waals surface area (Å²) in [5, 5.41) is 14.5. The van der Waals surface area contributed by atoms with Crippen molar-refractivity contribution < 1.29 is 9.90 Å². The molecule has 0 aliphatic heterocycles. The van der Waals surface area contributed by atoms with Crippen LogP contribution in [-0.2, 0) is 4.79 Å². The summed E-state index contributed by atoms with van der Waals surface area (Å²) >= 11 is 2.17. The van der Waals surface area contributed by atoms with Crippen molar-refractivity contribution in [2.24, 2.45) is 4.58 Å². The predicted molar refractivity (Wildman–Crippen MR) is 85.5 cm³/mol. The fourth-order valence-corrected chi connectivity index (χ4v) is 2.88. The van der Waals surface area contributed by atoms with Gasteiger partial charge in [-0.05, 0) is 6.42 Å². The zero-order valence-corrected chi connectivity index (χ0v) is 12.6. The molecule has 2 N–H and O–H groups in total. The van der Waals surface area contributed by atoms with Crippen LogP contribution in [-0.4, -0.2) is 27.9 Å². The molecule has 1 aromatic heterocycles. The standard InChI is InChI=1S/C13H13N3O3S2/c17-12(18)10(6-7-21-16-19)14-13-15-11(8-20-13)9-4-2-1-3-5-9/h1-5,8,10H,6-7H2,(H,14,15)(H,17,18)/t10-/m0/s1. The molecule has 110 valence electrons. The molecule has 0 aliphatic carbocycles. The number of benzene rings is 1. The highest BCUT2D eigenvalue weighted by atomic mass is 32.2. The SMILES string of the molecule is O=NSCC[C@H](Nc1nc(-c2ccccc2)cs1)C(=O)O. The normalized spacial score (nSPS) is 11.8. The molecule has 0 spiro atoms. The van der Waals surface area contributed by atoms with Crippen LogP contribution in [0.4, 0.5) is 5.13 Å². The summed E-state index contributed by atoms with van der Waals surface area (Å²) in [6.07, 6.45) is 0.298. The molecular weight excluding hydrogens is 310 g/mol. The number of carbonyl (C=O) groups is 1. The molecule has 0 aliphatic rings. The Kier molecular flexibility index (Phi) is 5.70. The van der Waals surface area contributed by atoms with Gasteiger partial charge in [-0.15, -0.1) is 16.2 Å². The van der Waals surface area contributed by atoms with Crippen LogP contribution < -0.4 is 5.32 Å². The van der Waals surface area contributed by atoms with Crippen LogP contribution >= 0.6 is 23.3 Å². The highest BCUT2D eigenvalue weighted by molar-refractivity contribution is 7.97. The Morgan fingerprint density at radius 3 is 2.86 bits per heavy atom. The topological polar surface area (TPSA) is 91.7 Å². The molecule has 1 heterocycles. The van der Waals surface area contributed by atoms with Crippen molar-refractivity contribution in [3.63, 3.8) is 0 Å². The van der Waals surface area contributed by atoms with Crippen molar-refractivity contribution >= 4 is 34.4 Å². The van der Waals surface area contributed by atoms with Crippen LogP contribution in [0.2, 0.25) is 0 Å². The third kappa shape index (κ3) is 4.54. The van der Waals surface area contributed by atoms with Gasteiger partial charge in [0.2, 0.25) is 0 Å². The monoisotopic (exact) mass is 323 g/mol. The van der Waals surface area contributed by atoms with Crippen LogP contribution in [0.25, 0.3) is 11.3 Å². The van der Waals surface area contributed by atoms with E-state index in [1.54, 1.807) is 0 Å². The summed E-state index contributed by atoms with van der Waals surface area (Å²) in [7, 11) is 0. The van der Waals surface area contributed by atoms with Crippen molar-refractivity contribution in [1.82, 2.24) is 4.98 Å². The molecule has 0 bridgehead atoms. The van der Waals surface area contributed by atoms with Crippen molar-refractivity contribution in [1.29, 1.82) is 0 Å². The van der Waals surface area contributed by atoms with E-state index < -0.39 is 12.0 Å². The number of nitroso groups, excluding NO2 is 1. The van der Waals surface area contributed by atoms with Gasteiger partial charge in [-0.2, -0.15) is 0 Å². The molecule has 8 heteroatoms. The molecule has 0 radical (unpaired) electrons. The van der Waals surface area contributed by atoms with E-state index in [2.05, 4.69) is 14.9 Å². The molecule has 1 aromatic carbocycles. The number of rotatable bonds is 8. The molecule has 0 unspecified atom stereocenters. The lowest BCUT2D eigenvalue weighted by Gasteiger charge is -2.11. The third-order valence-electron chi connectivity index (χ3n) is 2.72. The number of aromatic nitrogens is 1. The van der Waals surface area contributed by atoms with Gasteiger partial charge in [0.05, 0.1) is 5.69 Å². The molecule has 0 amide bonds. The van der Waals surface area contributed by atoms with Crippen molar-refractivity contribution in [3.05, 3.63) is 40.6 Å². The Morgan fingerprint density at radius 1 is 1.43 bits per heavy atom. The van der Waals surface area contributed by atoms with E-state index in [0.29, 0.717) is 17.3 Å². The Labute approximate surface area is 129 Å². The number of nitrogens with one attached hydrogen (secondary N) is 1. The minimum atomic E-state index is -0.974. The van der Waals surface area contributed by atoms with Crippen LogP contribution in [0.1, 0.15) is 6.42 Å². The van der Waals surface area contributed by atoms with E-state index in [1.807, 2.05) is 35.7 Å². The quantitative estimate of drug-likeness (QED) is 0.439. The first-order valence-electron chi connectivity index (χ1n) is 6.15. The number of hydrogen-bond donors (Lipinski definition) is 2. The van der Waals surface area contributed by atoms with Crippen LogP contribution in [0, 0.1) is 4.91 Å². The summed E-state index contributed by atoms with van der Waals surface area (Å²) in [6, 6.07) is 8.87. The van der Waals surface area contributed by atoms with Gasteiger partial charge < -0.3 is 10.4 Å². The second kappa shape index (κ2) is 7.75. The first-order chi connectivity index (χ1) is 10.2. The molecule has 0 fully saturated rings. The second-order valence-corrected chi connectivity index (χ2v) is 5.81. The van der Waals surface area contributed by atoms with Gasteiger partial charge in [0, 0.05) is 33.2 Å². The maximum atomic E-state index is 11.2. The lowest BCUT2D eigenvalue weighted by atomic mass is 10.2. The van der Waals surface area contributed by atoms with Crippen molar-refractivity contribution in [3.8, 4) is 11.3 Å². The maximum Gasteiger partial charge on any atom is 0.326 e. The average molecular weight is 323 g/mol. The van der Waals surface area contributed by atoms with Gasteiger partial charge in [0.15, 0.2) is 5.13 Å². The maximum absolute atomic E-state index is 11.2. The van der Waals surface area contributed by atoms with E-state index in [0.717, 1.165) is 23.2 Å². The molecular formula is C13H13N3O3S2. The third-order valence-corrected chi connectivity index (χ3v) is 4.02. The molecule has 0 saturated heterocycles. The van der Waals surface area contributed by atoms with Gasteiger partial charge in [-0.3, -0.25) is 0 Å². The number of carboxylic acid groups (broad SMARTS) is 1. The fraction of sp³-hybridized carbons (Fsp3) is 0.231. The zero-order valence-electron chi connectivity index (χ0n) is 10.9. The Morgan fingerprint density at radius 2 is 2.19 bits per heavy atom. The van der Waals surface area contributed by atoms with E-state index >= 15 is 0 Å². The first-order valence-corrected chi connectivity index (χ1v) is 7.98. The molecule has 0 saturated carbocycles. The molecule has 6 nitrogen and oxygen atoms in total. The van der Waals surface area contributed by atoms with Crippen LogP contribution in [0.15, 0.2) is 40.3 Å². The van der Waals surface area contributed by atoms with Gasteiger partial charge in [-0.1, -0.05) is 30.3 Å². The number of anilines is 1. The predicted octanol–water partition coefficient (Wildman–Crippen LogP) is 3.48. The average Bonchev–Trinajstić information content (AvgIpc) is 2.96. The van der Waals surface area contributed by atoms with Crippen LogP contribution in [0.5, 0.6) is 0 Å². The van der Waals surface area contributed by atoms with E-state index in [-0.39, 0.29) is 0 Å². The van der Waals surface area contributed by atoms with E-state index in [9.17, 15) is 9.70 Å². The lowest BCUT2D eigenvalue weighted by Crippen LogP contribution is -2.29.